The summed E-state index contributed by atoms with van der Waals surface area (Å²) >= 11 is 0. The number of carbonyl (C=O) groups excluding carboxylic acids is 1. The van der Waals surface area contributed by atoms with Crippen molar-refractivity contribution in [1.29, 1.82) is 0 Å². The average Bonchev–Trinajstić information content (AvgIpc) is 3.33. The molecule has 0 unspecified atom stereocenters. The summed E-state index contributed by atoms with van der Waals surface area (Å²) in [6, 6.07) is 10.6. The van der Waals surface area contributed by atoms with E-state index in [-0.39, 0.29) is 5.91 Å². The summed E-state index contributed by atoms with van der Waals surface area (Å²) < 4.78 is 1.72. The van der Waals surface area contributed by atoms with Crippen LogP contribution >= 0.6 is 0 Å². The fourth-order valence-corrected chi connectivity index (χ4v) is 4.58. The van der Waals surface area contributed by atoms with E-state index in [0.717, 1.165) is 74.1 Å². The molecule has 1 atom stereocenters. The van der Waals surface area contributed by atoms with Gasteiger partial charge >= 0.3 is 5.97 Å². The van der Waals surface area contributed by atoms with Gasteiger partial charge in [-0.15, -0.1) is 0 Å². The normalized spacial score (nSPS) is 13.5. The number of aryl methyl sites for hydroxylation is 3. The number of carboxylic acid groups (broad SMARTS) is 1. The number of pyridine rings is 1. The van der Waals surface area contributed by atoms with Crippen molar-refractivity contribution in [2.24, 2.45) is 7.05 Å². The highest BCUT2D eigenvalue weighted by molar-refractivity contribution is 5.97. The Bertz CT molecular complexity index is 1170. The van der Waals surface area contributed by atoms with Gasteiger partial charge in [0.25, 0.3) is 5.91 Å². The molecular weight excluding hydrogens is 454 g/mol. The number of carbonyl (C=O) groups is 2. The zero-order valence-corrected chi connectivity index (χ0v) is 20.9. The van der Waals surface area contributed by atoms with E-state index >= 15 is 0 Å². The molecule has 8 nitrogen and oxygen atoms in total. The Kier molecular flexibility index (Phi) is 8.71. The molecule has 3 heterocycles. The molecular formula is C28H35N5O3. The number of carboxylic acids is 1. The lowest BCUT2D eigenvalue weighted by Crippen LogP contribution is -2.40. The third-order valence-electron chi connectivity index (χ3n) is 6.67. The van der Waals surface area contributed by atoms with E-state index in [1.54, 1.807) is 23.0 Å². The second-order valence-corrected chi connectivity index (χ2v) is 9.49. The Hall–Kier alpha value is -3.68. The number of aromatic nitrogens is 3. The third kappa shape index (κ3) is 6.93. The highest BCUT2D eigenvalue weighted by atomic mass is 16.4. The minimum Gasteiger partial charge on any atom is -0.480 e. The standard InChI is InChI=1S/C28H35N5O3/c1-33-19-23(18-30-33)20-11-13-22(14-12-20)27(34)32-25(28(35)36)10-6-4-2-3-5-9-24-16-15-21-8-7-17-29-26(21)31-24/h11-16,18-19,25H,2-10,17H2,1H3,(H,29,31)(H,32,34)(H,35,36)/t25-/m0/s1. The van der Waals surface area contributed by atoms with Gasteiger partial charge in [-0.25, -0.2) is 9.78 Å². The van der Waals surface area contributed by atoms with Crippen LogP contribution in [0.25, 0.3) is 11.1 Å². The van der Waals surface area contributed by atoms with E-state index in [2.05, 4.69) is 27.9 Å². The van der Waals surface area contributed by atoms with Gasteiger partial charge in [0, 0.05) is 36.6 Å². The number of anilines is 1. The Morgan fingerprint density at radius 2 is 1.83 bits per heavy atom. The lowest BCUT2D eigenvalue weighted by atomic mass is 10.0. The van der Waals surface area contributed by atoms with Gasteiger partial charge in [0.2, 0.25) is 0 Å². The first-order chi connectivity index (χ1) is 17.5. The lowest BCUT2D eigenvalue weighted by Gasteiger charge is -2.17. The van der Waals surface area contributed by atoms with Crippen molar-refractivity contribution in [3.05, 3.63) is 65.6 Å². The summed E-state index contributed by atoms with van der Waals surface area (Å²) in [6.45, 7) is 1.000. The van der Waals surface area contributed by atoms with Gasteiger partial charge in [-0.05, 0) is 61.4 Å². The smallest absolute Gasteiger partial charge is 0.326 e. The van der Waals surface area contributed by atoms with Crippen LogP contribution in [0.2, 0.25) is 0 Å². The molecule has 0 saturated heterocycles. The molecule has 4 rings (SSSR count). The summed E-state index contributed by atoms with van der Waals surface area (Å²) in [5.41, 5.74) is 4.80. The number of rotatable bonds is 12. The van der Waals surface area contributed by atoms with Gasteiger partial charge in [-0.1, -0.05) is 43.9 Å². The number of hydrogen-bond acceptors (Lipinski definition) is 5. The molecule has 0 spiro atoms. The maximum atomic E-state index is 12.6. The Balaban J connectivity index is 1.15. The molecule has 1 amide bonds. The van der Waals surface area contributed by atoms with Crippen LogP contribution in [0.15, 0.2) is 48.8 Å². The van der Waals surface area contributed by atoms with Crippen LogP contribution in [-0.2, 0) is 24.7 Å². The SMILES string of the molecule is Cn1cc(-c2ccc(C(=O)N[C@@H](CCCCCCCc3ccc4c(n3)NCCC4)C(=O)O)cc2)cn1. The molecule has 2 aromatic heterocycles. The van der Waals surface area contributed by atoms with Gasteiger partial charge in [-0.3, -0.25) is 9.48 Å². The van der Waals surface area contributed by atoms with Gasteiger partial charge in [-0.2, -0.15) is 5.10 Å². The summed E-state index contributed by atoms with van der Waals surface area (Å²) in [5, 5.41) is 19.8. The highest BCUT2D eigenvalue weighted by Crippen LogP contribution is 2.21. The van der Waals surface area contributed by atoms with Gasteiger partial charge < -0.3 is 15.7 Å². The molecule has 0 aliphatic carbocycles. The van der Waals surface area contributed by atoms with Crippen LogP contribution in [-0.4, -0.2) is 44.3 Å². The second kappa shape index (κ2) is 12.3. The molecule has 0 fully saturated rings. The van der Waals surface area contributed by atoms with Crippen LogP contribution in [0.1, 0.15) is 66.6 Å². The van der Waals surface area contributed by atoms with Crippen molar-refractivity contribution in [2.45, 2.75) is 63.8 Å². The molecule has 0 bridgehead atoms. The van der Waals surface area contributed by atoms with Gasteiger partial charge in [0.15, 0.2) is 0 Å². The molecule has 0 radical (unpaired) electrons. The van der Waals surface area contributed by atoms with Crippen LogP contribution in [0.5, 0.6) is 0 Å². The number of nitrogens with one attached hydrogen (secondary N) is 2. The molecule has 1 aromatic carbocycles. The highest BCUT2D eigenvalue weighted by Gasteiger charge is 2.20. The van der Waals surface area contributed by atoms with Crippen LogP contribution < -0.4 is 10.6 Å². The molecule has 36 heavy (non-hydrogen) atoms. The zero-order chi connectivity index (χ0) is 25.3. The van der Waals surface area contributed by atoms with Crippen molar-refractivity contribution in [2.75, 3.05) is 11.9 Å². The fraction of sp³-hybridized carbons (Fsp3) is 0.429. The largest absolute Gasteiger partial charge is 0.480 e. The first-order valence-electron chi connectivity index (χ1n) is 12.8. The topological polar surface area (TPSA) is 109 Å². The number of unbranched alkanes of at least 4 members (excludes halogenated alkanes) is 4. The van der Waals surface area contributed by atoms with E-state index in [1.807, 2.05) is 25.4 Å². The number of hydrogen-bond donors (Lipinski definition) is 3. The summed E-state index contributed by atoms with van der Waals surface area (Å²) in [4.78, 5) is 29.0. The van der Waals surface area contributed by atoms with Crippen LogP contribution in [0, 0.1) is 0 Å². The molecule has 0 saturated carbocycles. The van der Waals surface area contributed by atoms with E-state index in [0.29, 0.717) is 12.0 Å². The monoisotopic (exact) mass is 489 g/mol. The van der Waals surface area contributed by atoms with Crippen molar-refractivity contribution in [3.63, 3.8) is 0 Å². The minimum absolute atomic E-state index is 0.368. The molecule has 190 valence electrons. The van der Waals surface area contributed by atoms with E-state index in [1.165, 1.54) is 12.0 Å². The van der Waals surface area contributed by atoms with Crippen LogP contribution in [0.4, 0.5) is 5.82 Å². The van der Waals surface area contributed by atoms with E-state index < -0.39 is 12.0 Å². The molecule has 8 heteroatoms. The van der Waals surface area contributed by atoms with E-state index in [4.69, 9.17) is 4.98 Å². The average molecular weight is 490 g/mol. The summed E-state index contributed by atoms with van der Waals surface area (Å²) in [5.74, 6) is -0.320. The second-order valence-electron chi connectivity index (χ2n) is 9.49. The quantitative estimate of drug-likeness (QED) is 0.321. The zero-order valence-electron chi connectivity index (χ0n) is 20.9. The summed E-state index contributed by atoms with van der Waals surface area (Å²) in [7, 11) is 1.85. The van der Waals surface area contributed by atoms with Gasteiger partial charge in [0.05, 0.1) is 6.20 Å². The molecule has 1 aliphatic rings. The number of fused-ring (bicyclic) bond motifs is 1. The first kappa shape index (κ1) is 25.4. The lowest BCUT2D eigenvalue weighted by molar-refractivity contribution is -0.139. The van der Waals surface area contributed by atoms with Crippen molar-refractivity contribution >= 4 is 17.7 Å². The predicted octanol–water partition coefficient (Wildman–Crippen LogP) is 4.61. The van der Waals surface area contributed by atoms with Gasteiger partial charge in [0.1, 0.15) is 11.9 Å². The molecule has 3 aromatic rings. The Morgan fingerprint density at radius 3 is 2.58 bits per heavy atom. The fourth-order valence-electron chi connectivity index (χ4n) is 4.58. The first-order valence-corrected chi connectivity index (χ1v) is 12.8. The third-order valence-corrected chi connectivity index (χ3v) is 6.67. The Morgan fingerprint density at radius 1 is 1.06 bits per heavy atom. The van der Waals surface area contributed by atoms with Crippen molar-refractivity contribution < 1.29 is 14.7 Å². The molecule has 1 aliphatic heterocycles. The number of amides is 1. The number of nitrogens with zero attached hydrogens (tertiary/aromatic N) is 3. The van der Waals surface area contributed by atoms with Crippen LogP contribution in [0.3, 0.4) is 0 Å². The minimum atomic E-state index is -0.998. The predicted molar refractivity (Wildman–Crippen MR) is 140 cm³/mol. The summed E-state index contributed by atoms with van der Waals surface area (Å²) in [6.07, 6.45) is 12.2. The van der Waals surface area contributed by atoms with Crippen molar-refractivity contribution in [3.8, 4) is 11.1 Å². The number of aliphatic carboxylic acids is 1. The number of benzene rings is 1. The maximum Gasteiger partial charge on any atom is 0.326 e. The Labute approximate surface area is 212 Å². The van der Waals surface area contributed by atoms with Crippen molar-refractivity contribution in [1.82, 2.24) is 20.1 Å². The molecule has 3 N–H and O–H groups in total. The maximum absolute atomic E-state index is 12.6. The van der Waals surface area contributed by atoms with E-state index in [9.17, 15) is 14.7 Å².